The van der Waals surface area contributed by atoms with Crippen molar-refractivity contribution in [3.63, 3.8) is 0 Å². The molecule has 5 heteroatoms. The lowest BCUT2D eigenvalue weighted by molar-refractivity contribution is 0.0598. The smallest absolute Gasteiger partial charge is 0.340 e. The zero-order chi connectivity index (χ0) is 13.9. The van der Waals surface area contributed by atoms with Gasteiger partial charge < -0.3 is 14.0 Å². The highest BCUT2D eigenvalue weighted by Gasteiger charge is 2.25. The molecule has 0 aliphatic carbocycles. The number of methoxy groups -OCH3 is 2. The summed E-state index contributed by atoms with van der Waals surface area (Å²) in [4.78, 5) is 11.8. The lowest BCUT2D eigenvalue weighted by Crippen LogP contribution is -2.11. The molecule has 4 nitrogen and oxygen atoms in total. The quantitative estimate of drug-likeness (QED) is 0.783. The van der Waals surface area contributed by atoms with Crippen molar-refractivity contribution in [3.05, 3.63) is 21.4 Å². The maximum absolute atomic E-state index is 11.8. The second-order valence-electron chi connectivity index (χ2n) is 4.45. The van der Waals surface area contributed by atoms with E-state index in [1.54, 1.807) is 7.11 Å². The Morgan fingerprint density at radius 3 is 2.44 bits per heavy atom. The highest BCUT2D eigenvalue weighted by molar-refractivity contribution is 9.10. The molecule has 0 amide bonds. The van der Waals surface area contributed by atoms with E-state index in [9.17, 15) is 4.79 Å². The van der Waals surface area contributed by atoms with Crippen LogP contribution in [0.2, 0.25) is 0 Å². The van der Waals surface area contributed by atoms with Crippen molar-refractivity contribution < 1.29 is 14.3 Å². The topological polar surface area (TPSA) is 40.5 Å². The number of carbonyl (C=O) groups is 1. The molecular formula is C13H20BrNO3. The predicted molar refractivity (Wildman–Crippen MR) is 74.2 cm³/mol. The lowest BCUT2D eigenvalue weighted by Gasteiger charge is -2.14. The van der Waals surface area contributed by atoms with E-state index in [2.05, 4.69) is 34.3 Å². The highest BCUT2D eigenvalue weighted by Crippen LogP contribution is 2.33. The Balaban J connectivity index is 3.35. The maximum atomic E-state index is 11.8. The van der Waals surface area contributed by atoms with Gasteiger partial charge in [-0.25, -0.2) is 4.79 Å². The van der Waals surface area contributed by atoms with Gasteiger partial charge in [0, 0.05) is 25.0 Å². The fraction of sp³-hybridized carbons (Fsp3) is 0.615. The first kappa shape index (κ1) is 15.2. The van der Waals surface area contributed by atoms with E-state index in [4.69, 9.17) is 9.47 Å². The van der Waals surface area contributed by atoms with Crippen LogP contribution in [0.4, 0.5) is 0 Å². The minimum atomic E-state index is -0.308. The molecule has 0 bridgehead atoms. The monoisotopic (exact) mass is 317 g/mol. The van der Waals surface area contributed by atoms with Crippen molar-refractivity contribution in [2.45, 2.75) is 33.2 Å². The molecular weight excluding hydrogens is 298 g/mol. The molecule has 0 spiro atoms. The summed E-state index contributed by atoms with van der Waals surface area (Å²) in [6.07, 6.45) is 0. The van der Waals surface area contributed by atoms with E-state index < -0.39 is 0 Å². The average molecular weight is 318 g/mol. The lowest BCUT2D eigenvalue weighted by atomic mass is 10.1. The fourth-order valence-corrected chi connectivity index (χ4v) is 3.22. The molecule has 0 N–H and O–H groups in total. The predicted octanol–water partition coefficient (Wildman–Crippen LogP) is 3.12. The van der Waals surface area contributed by atoms with Crippen LogP contribution in [0.25, 0.3) is 0 Å². The number of hydrogen-bond acceptors (Lipinski definition) is 3. The van der Waals surface area contributed by atoms with Crippen molar-refractivity contribution in [1.29, 1.82) is 0 Å². The van der Waals surface area contributed by atoms with Gasteiger partial charge in [-0.3, -0.25) is 0 Å². The summed E-state index contributed by atoms with van der Waals surface area (Å²) >= 11 is 3.52. The molecule has 0 unspecified atom stereocenters. The molecule has 102 valence electrons. The Kier molecular flexibility index (Phi) is 5.41. The first-order chi connectivity index (χ1) is 8.45. The van der Waals surface area contributed by atoms with Gasteiger partial charge in [0.05, 0.1) is 23.8 Å². The number of hydrogen-bond donors (Lipinski definition) is 0. The standard InChI is InChI=1S/C13H20BrNO3/c1-8(2)12-11(14)10(13(16)18-5)9(3)15(12)6-7-17-4/h8H,6-7H2,1-5H3. The van der Waals surface area contributed by atoms with E-state index in [-0.39, 0.29) is 5.97 Å². The largest absolute Gasteiger partial charge is 0.465 e. The highest BCUT2D eigenvalue weighted by atomic mass is 79.9. The first-order valence-electron chi connectivity index (χ1n) is 5.91. The summed E-state index contributed by atoms with van der Waals surface area (Å²) < 4.78 is 12.9. The number of nitrogens with zero attached hydrogens (tertiary/aromatic N) is 1. The third kappa shape index (κ3) is 2.78. The molecule has 0 saturated carbocycles. The third-order valence-electron chi connectivity index (χ3n) is 2.96. The zero-order valence-corrected chi connectivity index (χ0v) is 13.1. The number of rotatable bonds is 5. The molecule has 1 aromatic heterocycles. The summed E-state index contributed by atoms with van der Waals surface area (Å²) in [6.45, 7) is 7.47. The SMILES string of the molecule is COCCn1c(C)c(C(=O)OC)c(Br)c1C(C)C. The number of aromatic nitrogens is 1. The Hall–Kier alpha value is -0.810. The summed E-state index contributed by atoms with van der Waals surface area (Å²) in [7, 11) is 3.07. The van der Waals surface area contributed by atoms with Crippen LogP contribution in [0.5, 0.6) is 0 Å². The Bertz CT molecular complexity index is 438. The Morgan fingerprint density at radius 1 is 1.39 bits per heavy atom. The van der Waals surface area contributed by atoms with Crippen molar-refractivity contribution in [2.24, 2.45) is 0 Å². The summed E-state index contributed by atoms with van der Waals surface area (Å²) in [5.74, 6) is 0.00535. The number of carbonyl (C=O) groups excluding carboxylic acids is 1. The van der Waals surface area contributed by atoms with Crippen molar-refractivity contribution in [3.8, 4) is 0 Å². The fourth-order valence-electron chi connectivity index (χ4n) is 2.10. The molecule has 0 radical (unpaired) electrons. The van der Waals surface area contributed by atoms with Gasteiger partial charge in [0.25, 0.3) is 0 Å². The van der Waals surface area contributed by atoms with E-state index in [1.807, 2.05) is 6.92 Å². The van der Waals surface area contributed by atoms with Crippen LogP contribution < -0.4 is 0 Å². The summed E-state index contributed by atoms with van der Waals surface area (Å²) in [6, 6.07) is 0. The van der Waals surface area contributed by atoms with Crippen LogP contribution in [0.1, 0.15) is 41.5 Å². The first-order valence-corrected chi connectivity index (χ1v) is 6.70. The second kappa shape index (κ2) is 6.38. The normalized spacial score (nSPS) is 11.1. The summed E-state index contributed by atoms with van der Waals surface area (Å²) in [5, 5.41) is 0. The van der Waals surface area contributed by atoms with Crippen LogP contribution in [0.15, 0.2) is 4.47 Å². The molecule has 0 atom stereocenters. The zero-order valence-electron chi connectivity index (χ0n) is 11.5. The van der Waals surface area contributed by atoms with Crippen molar-refractivity contribution in [2.75, 3.05) is 20.8 Å². The molecule has 0 fully saturated rings. The van der Waals surface area contributed by atoms with E-state index in [1.165, 1.54) is 7.11 Å². The van der Waals surface area contributed by atoms with Gasteiger partial charge in [-0.1, -0.05) is 13.8 Å². The van der Waals surface area contributed by atoms with Crippen LogP contribution >= 0.6 is 15.9 Å². The van der Waals surface area contributed by atoms with Gasteiger partial charge in [-0.15, -0.1) is 0 Å². The van der Waals surface area contributed by atoms with Gasteiger partial charge in [0.15, 0.2) is 0 Å². The molecule has 0 aromatic carbocycles. The number of ether oxygens (including phenoxy) is 2. The van der Waals surface area contributed by atoms with Crippen LogP contribution in [-0.4, -0.2) is 31.4 Å². The molecule has 1 heterocycles. The molecule has 1 aromatic rings. The summed E-state index contributed by atoms with van der Waals surface area (Å²) in [5.41, 5.74) is 2.62. The third-order valence-corrected chi connectivity index (χ3v) is 3.76. The van der Waals surface area contributed by atoms with E-state index in [0.717, 1.165) is 22.4 Å². The average Bonchev–Trinajstić information content (AvgIpc) is 2.57. The molecule has 18 heavy (non-hydrogen) atoms. The number of esters is 1. The van der Waals surface area contributed by atoms with Gasteiger partial charge in [-0.05, 0) is 28.8 Å². The minimum absolute atomic E-state index is 0.308. The molecule has 0 aliphatic rings. The van der Waals surface area contributed by atoms with E-state index >= 15 is 0 Å². The molecule has 0 aliphatic heterocycles. The molecule has 1 rings (SSSR count). The number of halogens is 1. The Morgan fingerprint density at radius 2 is 2.00 bits per heavy atom. The maximum Gasteiger partial charge on any atom is 0.340 e. The second-order valence-corrected chi connectivity index (χ2v) is 5.24. The van der Waals surface area contributed by atoms with Crippen LogP contribution in [0, 0.1) is 6.92 Å². The van der Waals surface area contributed by atoms with Gasteiger partial charge in [-0.2, -0.15) is 0 Å². The van der Waals surface area contributed by atoms with Gasteiger partial charge in [0.1, 0.15) is 0 Å². The van der Waals surface area contributed by atoms with E-state index in [0.29, 0.717) is 18.1 Å². The van der Waals surface area contributed by atoms with Gasteiger partial charge >= 0.3 is 5.97 Å². The van der Waals surface area contributed by atoms with Crippen molar-refractivity contribution in [1.82, 2.24) is 4.57 Å². The van der Waals surface area contributed by atoms with Crippen molar-refractivity contribution >= 4 is 21.9 Å². The van der Waals surface area contributed by atoms with Crippen LogP contribution in [-0.2, 0) is 16.0 Å². The van der Waals surface area contributed by atoms with Gasteiger partial charge in [0.2, 0.25) is 0 Å². The minimum Gasteiger partial charge on any atom is -0.465 e. The Labute approximate surface area is 116 Å². The molecule has 0 saturated heterocycles. The van der Waals surface area contributed by atoms with Crippen LogP contribution in [0.3, 0.4) is 0 Å².